The second-order valence-electron chi connectivity index (χ2n) is 12.1. The van der Waals surface area contributed by atoms with E-state index < -0.39 is 5.41 Å². The van der Waals surface area contributed by atoms with Crippen molar-refractivity contribution in [1.82, 2.24) is 0 Å². The van der Waals surface area contributed by atoms with Crippen molar-refractivity contribution in [2.45, 2.75) is 19.3 Å². The molecular weight excluding hydrogens is 569 g/mol. The molecule has 2 heteroatoms. The van der Waals surface area contributed by atoms with E-state index in [4.69, 9.17) is 5.48 Å². The summed E-state index contributed by atoms with van der Waals surface area (Å²) in [4.78, 5) is 3.49. The molecule has 0 radical (unpaired) electrons. The van der Waals surface area contributed by atoms with Crippen molar-refractivity contribution in [3.8, 4) is 22.3 Å². The molecule has 1 heterocycles. The van der Waals surface area contributed by atoms with Gasteiger partial charge in [0.15, 0.2) is 0 Å². The van der Waals surface area contributed by atoms with Gasteiger partial charge in [-0.15, -0.1) is 0 Å². The van der Waals surface area contributed by atoms with Crippen LogP contribution in [0.4, 0.5) is 34.1 Å². The van der Waals surface area contributed by atoms with Gasteiger partial charge in [-0.1, -0.05) is 135 Å². The van der Waals surface area contributed by atoms with Crippen LogP contribution in [0.15, 0.2) is 182 Å². The Labute approximate surface area is 287 Å². The lowest BCUT2D eigenvalue weighted by Crippen LogP contribution is -2.30. The van der Waals surface area contributed by atoms with Gasteiger partial charge in [-0.2, -0.15) is 0 Å². The Morgan fingerprint density at radius 2 is 0.936 bits per heavy atom. The van der Waals surface area contributed by atoms with Gasteiger partial charge in [-0.3, -0.25) is 0 Å². The first kappa shape index (κ1) is 21.8. The van der Waals surface area contributed by atoms with Crippen molar-refractivity contribution in [3.63, 3.8) is 0 Å². The first-order valence-electron chi connectivity index (χ1n) is 19.2. The molecule has 0 saturated carbocycles. The Hall–Kier alpha value is -5.86. The maximum Gasteiger partial charge on any atom is 0.0649 e. The van der Waals surface area contributed by atoms with E-state index in [1.54, 1.807) is 4.90 Å². The minimum Gasteiger partial charge on any atom is -0.310 e. The summed E-state index contributed by atoms with van der Waals surface area (Å²) < 4.78 is 64.9. The summed E-state index contributed by atoms with van der Waals surface area (Å²) in [5, 5.41) is 0. The number of hydrogen-bond acceptors (Lipinski definition) is 2. The van der Waals surface area contributed by atoms with Crippen LogP contribution in [0.5, 0.6) is 0 Å². The molecule has 0 aliphatic carbocycles. The highest BCUT2D eigenvalue weighted by atomic mass is 15.2. The third-order valence-corrected chi connectivity index (χ3v) is 8.85. The van der Waals surface area contributed by atoms with Gasteiger partial charge < -0.3 is 9.80 Å². The Kier molecular flexibility index (Phi) is 5.48. The predicted molar refractivity (Wildman–Crippen MR) is 199 cm³/mol. The highest BCUT2D eigenvalue weighted by molar-refractivity contribution is 5.89. The van der Waals surface area contributed by atoms with Gasteiger partial charge in [0.05, 0.1) is 21.0 Å². The van der Waals surface area contributed by atoms with Crippen LogP contribution in [-0.2, 0) is 5.41 Å². The predicted octanol–water partition coefficient (Wildman–Crippen LogP) is 12.6. The van der Waals surface area contributed by atoms with Gasteiger partial charge in [-0.05, 0) is 93.9 Å². The topological polar surface area (TPSA) is 6.48 Å². The zero-order valence-electron chi connectivity index (χ0n) is 33.2. The second kappa shape index (κ2) is 11.8. The first-order valence-corrected chi connectivity index (χ1v) is 15.7. The van der Waals surface area contributed by atoms with E-state index in [1.165, 1.54) is 0 Å². The van der Waals surface area contributed by atoms with Crippen LogP contribution in [0, 0.1) is 0 Å². The van der Waals surface area contributed by atoms with Gasteiger partial charge in [0, 0.05) is 28.2 Å². The zero-order chi connectivity index (χ0) is 37.9. The summed E-state index contributed by atoms with van der Waals surface area (Å²) in [6.07, 6.45) is 0. The molecule has 2 nitrogen and oxygen atoms in total. The van der Waals surface area contributed by atoms with Crippen molar-refractivity contribution in [2.24, 2.45) is 0 Å². The highest BCUT2D eigenvalue weighted by Crippen LogP contribution is 2.53. The van der Waals surface area contributed by atoms with Crippen LogP contribution < -0.4 is 9.80 Å². The van der Waals surface area contributed by atoms with Gasteiger partial charge in [-0.25, -0.2) is 0 Å². The zero-order valence-corrected chi connectivity index (χ0v) is 26.2. The molecule has 7 aromatic carbocycles. The highest BCUT2D eigenvalue weighted by Gasteiger charge is 2.37. The third-order valence-electron chi connectivity index (χ3n) is 8.85. The van der Waals surface area contributed by atoms with Crippen LogP contribution in [0.25, 0.3) is 22.3 Å². The molecule has 0 aromatic heterocycles. The molecule has 0 spiro atoms. The van der Waals surface area contributed by atoms with Gasteiger partial charge in [0.1, 0.15) is 0 Å². The lowest BCUT2D eigenvalue weighted by molar-refractivity contribution is 0.632. The molecule has 0 fully saturated rings. The minimum absolute atomic E-state index is 0.00531. The number of rotatable bonds is 6. The number of para-hydroxylation sites is 2. The molecule has 47 heavy (non-hydrogen) atoms. The Morgan fingerprint density at radius 1 is 0.468 bits per heavy atom. The van der Waals surface area contributed by atoms with Crippen LogP contribution in [-0.4, -0.2) is 0 Å². The quantitative estimate of drug-likeness (QED) is 0.185. The van der Waals surface area contributed by atoms with Gasteiger partial charge in [0.2, 0.25) is 0 Å². The number of benzene rings is 7. The third kappa shape index (κ3) is 5.18. The van der Waals surface area contributed by atoms with Crippen molar-refractivity contribution >= 4 is 34.1 Å². The molecule has 0 atom stereocenters. The molecule has 1 aliphatic rings. The molecule has 8 rings (SSSR count). The minimum atomic E-state index is -1.17. The van der Waals surface area contributed by atoms with E-state index >= 15 is 0 Å². The lowest BCUT2D eigenvalue weighted by atomic mass is 9.73. The van der Waals surface area contributed by atoms with Crippen molar-refractivity contribution in [1.29, 1.82) is 0 Å². The van der Waals surface area contributed by atoms with Crippen LogP contribution in [0.2, 0.25) is 0 Å². The maximum atomic E-state index is 10.1. The Morgan fingerprint density at radius 3 is 1.49 bits per heavy atom. The fourth-order valence-corrected chi connectivity index (χ4v) is 6.39. The van der Waals surface area contributed by atoms with Crippen molar-refractivity contribution < 1.29 is 9.60 Å². The summed E-state index contributed by atoms with van der Waals surface area (Å²) in [7, 11) is 0. The SMILES string of the molecule is [2H]c1c([2H])c([2H])c2c(c1[2H])N(c1ccccc1)c1c([2H])c([2H])c(N(c3ccc(-c4ccccc4)cc3)c3ccc(-c4ccccc4)cc3)c([2H])c1C2(C)C. The van der Waals surface area contributed by atoms with Gasteiger partial charge >= 0.3 is 0 Å². The maximum absolute atomic E-state index is 10.1. The molecule has 0 bridgehead atoms. The van der Waals surface area contributed by atoms with Crippen molar-refractivity contribution in [3.05, 3.63) is 193 Å². The van der Waals surface area contributed by atoms with Crippen LogP contribution in [0.3, 0.4) is 0 Å². The van der Waals surface area contributed by atoms with Gasteiger partial charge in [0.25, 0.3) is 0 Å². The Balaban J connectivity index is 1.41. The summed E-state index contributed by atoms with van der Waals surface area (Å²) in [5.74, 6) is 0. The molecule has 226 valence electrons. The molecule has 7 aromatic rings. The largest absolute Gasteiger partial charge is 0.310 e. The van der Waals surface area contributed by atoms with E-state index in [1.807, 2.05) is 158 Å². The second-order valence-corrected chi connectivity index (χ2v) is 12.1. The molecule has 1 aliphatic heterocycles. The van der Waals surface area contributed by atoms with E-state index in [-0.39, 0.29) is 59.4 Å². The summed E-state index contributed by atoms with van der Waals surface area (Å²) in [6, 6.07) is 43.5. The molecule has 0 unspecified atom stereocenters. The molecule has 0 saturated heterocycles. The van der Waals surface area contributed by atoms with Crippen LogP contribution in [0.1, 0.15) is 34.6 Å². The molecule has 0 amide bonds. The van der Waals surface area contributed by atoms with E-state index in [0.29, 0.717) is 28.2 Å². The summed E-state index contributed by atoms with van der Waals surface area (Å²) in [6.45, 7) is 3.68. The number of anilines is 6. The normalized spacial score (nSPS) is 15.1. The molecular formula is C45H36N2. The summed E-state index contributed by atoms with van der Waals surface area (Å²) in [5.41, 5.74) is 6.29. The first-order chi connectivity index (χ1) is 26.0. The number of hydrogen-bond donors (Lipinski definition) is 0. The van der Waals surface area contributed by atoms with E-state index in [0.717, 1.165) is 22.3 Å². The molecule has 0 N–H and O–H groups in total. The Bertz CT molecular complexity index is 2440. The average molecular weight is 612 g/mol. The fourth-order valence-electron chi connectivity index (χ4n) is 6.39. The average Bonchev–Trinajstić information content (AvgIpc) is 3.20. The fraction of sp³-hybridized carbons (Fsp3) is 0.0667. The monoisotopic (exact) mass is 611 g/mol. The summed E-state index contributed by atoms with van der Waals surface area (Å²) >= 11 is 0. The smallest absolute Gasteiger partial charge is 0.0649 e. The van der Waals surface area contributed by atoms with E-state index in [9.17, 15) is 4.11 Å². The number of nitrogens with zero attached hydrogens (tertiary/aromatic N) is 2. The number of fused-ring (bicyclic) bond motifs is 2. The van der Waals surface area contributed by atoms with E-state index in [2.05, 4.69) is 0 Å². The van der Waals surface area contributed by atoms with Crippen molar-refractivity contribution in [2.75, 3.05) is 9.80 Å². The standard InChI is InChI=1S/C45H36N2/c1-45(2)41-20-12-13-21-43(41)47(37-18-10-5-11-19-37)44-31-30-40(32-42(44)45)46(38-26-22-35(23-27-38)33-14-6-3-7-15-33)39-28-24-36(25-29-39)34-16-8-4-9-17-34/h3-32H,1-2H3/i12D,13D,20D,21D,30D,31D,32D. The van der Waals surface area contributed by atoms with Crippen LogP contribution >= 0.6 is 0 Å². The lowest BCUT2D eigenvalue weighted by Gasteiger charge is -2.42.